The Morgan fingerprint density at radius 2 is 2.00 bits per heavy atom. The molecular formula is C16H24N2O3. The minimum atomic E-state index is -0.209. The van der Waals surface area contributed by atoms with Crippen molar-refractivity contribution < 1.29 is 14.3 Å². The van der Waals surface area contributed by atoms with Crippen molar-refractivity contribution >= 4 is 11.9 Å². The van der Waals surface area contributed by atoms with Crippen LogP contribution in [0.25, 0.3) is 0 Å². The predicted molar refractivity (Wildman–Crippen MR) is 83.7 cm³/mol. The normalized spacial score (nSPS) is 11.3. The van der Waals surface area contributed by atoms with Gasteiger partial charge in [-0.05, 0) is 31.9 Å². The molecule has 0 bridgehead atoms. The van der Waals surface area contributed by atoms with Crippen LogP contribution in [-0.4, -0.2) is 38.3 Å². The Morgan fingerprint density at radius 3 is 2.67 bits per heavy atom. The molecule has 0 aliphatic carbocycles. The summed E-state index contributed by atoms with van der Waals surface area (Å²) in [5.74, 6) is -0.209. The highest BCUT2D eigenvalue weighted by atomic mass is 16.5. The number of hydrogen-bond acceptors (Lipinski definition) is 4. The third-order valence-electron chi connectivity index (χ3n) is 2.76. The van der Waals surface area contributed by atoms with Crippen LogP contribution in [0.15, 0.2) is 29.3 Å². The molecule has 1 aromatic carbocycles. The van der Waals surface area contributed by atoms with Gasteiger partial charge in [-0.1, -0.05) is 25.1 Å². The number of aliphatic imine (C=N–C) groups is 1. The molecule has 21 heavy (non-hydrogen) atoms. The highest BCUT2D eigenvalue weighted by Gasteiger charge is 2.11. The maximum absolute atomic E-state index is 12.2. The summed E-state index contributed by atoms with van der Waals surface area (Å²) in [6.45, 7) is 7.93. The molecule has 5 heteroatoms. The van der Waals surface area contributed by atoms with Crippen LogP contribution < -0.4 is 5.32 Å². The summed E-state index contributed by atoms with van der Waals surface area (Å²) in [6, 6.07) is 7.66. The molecule has 0 spiro atoms. The van der Waals surface area contributed by atoms with Gasteiger partial charge < -0.3 is 9.47 Å². The maximum Gasteiger partial charge on any atom is 0.291 e. The molecule has 0 aromatic heterocycles. The topological polar surface area (TPSA) is 59.9 Å². The summed E-state index contributed by atoms with van der Waals surface area (Å²) in [5, 5.41) is 2.72. The lowest BCUT2D eigenvalue weighted by Gasteiger charge is -2.11. The van der Waals surface area contributed by atoms with Crippen LogP contribution in [0.3, 0.4) is 0 Å². The van der Waals surface area contributed by atoms with Gasteiger partial charge in [0.2, 0.25) is 0 Å². The fourth-order valence-corrected chi connectivity index (χ4v) is 1.67. The van der Waals surface area contributed by atoms with E-state index in [1.165, 1.54) is 0 Å². The molecule has 5 nitrogen and oxygen atoms in total. The van der Waals surface area contributed by atoms with Crippen LogP contribution in [0.4, 0.5) is 0 Å². The predicted octanol–water partition coefficient (Wildman–Crippen LogP) is 2.54. The molecule has 0 aliphatic heterocycles. The third-order valence-corrected chi connectivity index (χ3v) is 2.76. The summed E-state index contributed by atoms with van der Waals surface area (Å²) < 4.78 is 10.7. The average molecular weight is 292 g/mol. The fraction of sp³-hybridized carbons (Fsp3) is 0.500. The number of aryl methyl sites for hydroxylation is 1. The number of nitrogens with one attached hydrogen (secondary N) is 1. The number of benzene rings is 1. The first-order valence-electron chi connectivity index (χ1n) is 7.31. The first-order chi connectivity index (χ1) is 10.2. The van der Waals surface area contributed by atoms with Gasteiger partial charge in [-0.3, -0.25) is 10.1 Å². The molecule has 0 unspecified atom stereocenters. The van der Waals surface area contributed by atoms with Crippen molar-refractivity contribution in [3.05, 3.63) is 35.4 Å². The molecule has 0 saturated carbocycles. The van der Waals surface area contributed by atoms with Crippen molar-refractivity contribution in [2.75, 3.05) is 26.4 Å². The highest BCUT2D eigenvalue weighted by molar-refractivity contribution is 6.04. The maximum atomic E-state index is 12.2. The molecule has 0 saturated heterocycles. The second-order valence-corrected chi connectivity index (χ2v) is 4.50. The summed E-state index contributed by atoms with van der Waals surface area (Å²) in [5.41, 5.74) is 1.54. The molecule has 0 fully saturated rings. The van der Waals surface area contributed by atoms with Gasteiger partial charge >= 0.3 is 0 Å². The second kappa shape index (κ2) is 9.94. The van der Waals surface area contributed by atoms with Crippen molar-refractivity contribution in [3.8, 4) is 0 Å². The Kier molecular flexibility index (Phi) is 8.12. The number of amides is 1. The van der Waals surface area contributed by atoms with E-state index in [2.05, 4.69) is 10.3 Å². The van der Waals surface area contributed by atoms with E-state index in [4.69, 9.17) is 9.47 Å². The van der Waals surface area contributed by atoms with E-state index in [1.807, 2.05) is 39.0 Å². The molecule has 0 radical (unpaired) electrons. The molecule has 0 aliphatic rings. The van der Waals surface area contributed by atoms with Crippen molar-refractivity contribution in [2.45, 2.75) is 27.2 Å². The van der Waals surface area contributed by atoms with Crippen LogP contribution >= 0.6 is 0 Å². The van der Waals surface area contributed by atoms with E-state index in [1.54, 1.807) is 6.07 Å². The lowest BCUT2D eigenvalue weighted by atomic mass is 10.1. The van der Waals surface area contributed by atoms with Gasteiger partial charge in [-0.2, -0.15) is 0 Å². The zero-order valence-electron chi connectivity index (χ0n) is 13.0. The van der Waals surface area contributed by atoms with Crippen molar-refractivity contribution in [1.82, 2.24) is 5.32 Å². The highest BCUT2D eigenvalue weighted by Crippen LogP contribution is 2.06. The Hall–Kier alpha value is -1.88. The smallest absolute Gasteiger partial charge is 0.291 e. The monoisotopic (exact) mass is 292 g/mol. The third kappa shape index (κ3) is 6.40. The van der Waals surface area contributed by atoms with Crippen LogP contribution in [0.2, 0.25) is 0 Å². The number of hydrogen-bond donors (Lipinski definition) is 1. The largest absolute Gasteiger partial charge is 0.463 e. The van der Waals surface area contributed by atoms with Crippen LogP contribution in [0.5, 0.6) is 0 Å². The number of nitrogens with zero attached hydrogens (tertiary/aromatic N) is 1. The van der Waals surface area contributed by atoms with Gasteiger partial charge in [0.1, 0.15) is 6.61 Å². The van der Waals surface area contributed by atoms with E-state index in [0.717, 1.165) is 12.0 Å². The van der Waals surface area contributed by atoms with Crippen molar-refractivity contribution in [3.63, 3.8) is 0 Å². The Bertz CT molecular complexity index is 472. The Labute approximate surface area is 126 Å². The molecule has 1 rings (SSSR count). The summed E-state index contributed by atoms with van der Waals surface area (Å²) >= 11 is 0. The number of ether oxygens (including phenoxy) is 2. The molecule has 0 atom stereocenters. The SMILES string of the molecule is CCCN=C(NC(=O)c1ccccc1C)OCCOCC. The van der Waals surface area contributed by atoms with Crippen LogP contribution in [0.1, 0.15) is 36.2 Å². The zero-order valence-corrected chi connectivity index (χ0v) is 13.0. The summed E-state index contributed by atoms with van der Waals surface area (Å²) in [7, 11) is 0. The van der Waals surface area contributed by atoms with Crippen LogP contribution in [0, 0.1) is 6.92 Å². The molecular weight excluding hydrogens is 268 g/mol. The number of rotatable bonds is 7. The standard InChI is InChI=1S/C16H24N2O3/c1-4-10-17-16(21-12-11-20-5-2)18-15(19)14-9-7-6-8-13(14)3/h6-9H,4-5,10-12H2,1-3H3,(H,17,18,19). The van der Waals surface area contributed by atoms with Crippen LogP contribution in [-0.2, 0) is 9.47 Å². The number of carbonyl (C=O) groups excluding carboxylic acids is 1. The molecule has 1 N–H and O–H groups in total. The van der Waals surface area contributed by atoms with Crippen molar-refractivity contribution in [2.24, 2.45) is 4.99 Å². The van der Waals surface area contributed by atoms with Gasteiger partial charge in [0.25, 0.3) is 11.9 Å². The molecule has 1 amide bonds. The van der Waals surface area contributed by atoms with E-state index in [0.29, 0.717) is 31.9 Å². The fourth-order valence-electron chi connectivity index (χ4n) is 1.67. The lowest BCUT2D eigenvalue weighted by molar-refractivity contribution is 0.0921. The average Bonchev–Trinajstić information content (AvgIpc) is 2.49. The first-order valence-corrected chi connectivity index (χ1v) is 7.31. The Balaban J connectivity index is 2.63. The Morgan fingerprint density at radius 1 is 1.24 bits per heavy atom. The lowest BCUT2D eigenvalue weighted by Crippen LogP contribution is -2.34. The van der Waals surface area contributed by atoms with Gasteiger partial charge in [0, 0.05) is 18.7 Å². The minimum absolute atomic E-state index is 0.209. The molecule has 0 heterocycles. The molecule has 1 aromatic rings. The van der Waals surface area contributed by atoms with E-state index in [9.17, 15) is 4.79 Å². The van der Waals surface area contributed by atoms with Crippen molar-refractivity contribution in [1.29, 1.82) is 0 Å². The summed E-state index contributed by atoms with van der Waals surface area (Å²) in [6.07, 6.45) is 0.887. The van der Waals surface area contributed by atoms with E-state index in [-0.39, 0.29) is 11.9 Å². The second-order valence-electron chi connectivity index (χ2n) is 4.50. The summed E-state index contributed by atoms with van der Waals surface area (Å²) in [4.78, 5) is 16.5. The van der Waals surface area contributed by atoms with Gasteiger partial charge in [-0.25, -0.2) is 4.99 Å². The van der Waals surface area contributed by atoms with E-state index < -0.39 is 0 Å². The quantitative estimate of drug-likeness (QED) is 0.477. The number of carbonyl (C=O) groups is 1. The van der Waals surface area contributed by atoms with Gasteiger partial charge in [0.05, 0.1) is 6.61 Å². The first kappa shape index (κ1) is 17.2. The zero-order chi connectivity index (χ0) is 15.5. The molecule has 116 valence electrons. The minimum Gasteiger partial charge on any atom is -0.463 e. The van der Waals surface area contributed by atoms with Gasteiger partial charge in [-0.15, -0.1) is 0 Å². The van der Waals surface area contributed by atoms with E-state index >= 15 is 0 Å². The van der Waals surface area contributed by atoms with Gasteiger partial charge in [0.15, 0.2) is 0 Å². The number of amidine groups is 1.